The van der Waals surface area contributed by atoms with Crippen LogP contribution < -0.4 is 0 Å². The van der Waals surface area contributed by atoms with Gasteiger partial charge in [0, 0.05) is 5.41 Å². The fourth-order valence-electron chi connectivity index (χ4n) is 11.7. The predicted octanol–water partition coefficient (Wildman–Crippen LogP) is 19.6. The Morgan fingerprint density at radius 2 is 0.808 bits per heavy atom. The SMILES string of the molecule is CC1(C)c2cc(CCCCc3ccc(-c4ccc(-c5ccccc5)cc4)cc3)ccc2-c2ccc(-c3ccc(-c4cccc5ccccc45)cc3)cc21.CC1C2C=CC(c3ccc(-c4ccccc4)cc3)=CC12. The number of hydrogen-bond acceptors (Lipinski definition) is 0. The van der Waals surface area contributed by atoms with Gasteiger partial charge in [0.25, 0.3) is 0 Å². The van der Waals surface area contributed by atoms with E-state index in [2.05, 4.69) is 276 Å². The molecular formula is C73H62. The summed E-state index contributed by atoms with van der Waals surface area (Å²) in [4.78, 5) is 0. The maximum atomic E-state index is 2.49. The lowest BCUT2D eigenvalue weighted by Crippen LogP contribution is -2.15. The van der Waals surface area contributed by atoms with Crippen LogP contribution in [0, 0.1) is 17.8 Å². The third-order valence-corrected chi connectivity index (χ3v) is 16.2. The molecule has 3 aliphatic carbocycles. The molecule has 10 aromatic rings. The summed E-state index contributed by atoms with van der Waals surface area (Å²) in [6, 6.07) is 86.8. The van der Waals surface area contributed by atoms with Gasteiger partial charge < -0.3 is 0 Å². The summed E-state index contributed by atoms with van der Waals surface area (Å²) in [6.45, 7) is 7.14. The third kappa shape index (κ3) is 9.47. The van der Waals surface area contributed by atoms with Crippen molar-refractivity contribution in [2.75, 3.05) is 0 Å². The largest absolute Gasteiger partial charge is 0.0799 e. The molecule has 0 aliphatic heterocycles. The summed E-state index contributed by atoms with van der Waals surface area (Å²) >= 11 is 0. The number of aryl methyl sites for hydroxylation is 2. The van der Waals surface area contributed by atoms with E-state index in [9.17, 15) is 0 Å². The van der Waals surface area contributed by atoms with Crippen molar-refractivity contribution in [1.29, 1.82) is 0 Å². The number of unbranched alkanes of at least 4 members (excludes halogenated alkanes) is 1. The lowest BCUT2D eigenvalue weighted by atomic mass is 9.81. The van der Waals surface area contributed by atoms with Crippen molar-refractivity contribution in [2.45, 2.75) is 51.9 Å². The van der Waals surface area contributed by atoms with Crippen molar-refractivity contribution in [1.82, 2.24) is 0 Å². The average molecular weight is 939 g/mol. The van der Waals surface area contributed by atoms with E-state index in [1.54, 1.807) is 0 Å². The van der Waals surface area contributed by atoms with Crippen LogP contribution >= 0.6 is 0 Å². The van der Waals surface area contributed by atoms with Crippen LogP contribution in [0.3, 0.4) is 0 Å². The summed E-state index contributed by atoms with van der Waals surface area (Å²) in [5, 5.41) is 2.58. The van der Waals surface area contributed by atoms with Crippen LogP contribution in [-0.4, -0.2) is 0 Å². The second kappa shape index (κ2) is 19.9. The first-order valence-corrected chi connectivity index (χ1v) is 26.5. The van der Waals surface area contributed by atoms with Gasteiger partial charge in [0.05, 0.1) is 0 Å². The molecule has 1 saturated carbocycles. The standard InChI is InChI=1S/C53H44.C20H18/c1-53(2)51-35-38(12-7-6-11-37-19-22-40(23-20-37)42-26-24-41(25-27-42)39-13-4-3-5-14-39)21-33-49(51)50-34-32-46(36-52(50)53)43-28-30-45(31-29-43)48-18-10-16-44-15-8-9-17-47(44)48;1-14-19-12-11-18(13-20(14)19)17-9-7-16(8-10-17)15-5-3-2-4-6-15/h3-5,8-10,13-36H,6-7,11-12H2,1-2H3;2-14,19-20H,1H3. The zero-order valence-electron chi connectivity index (χ0n) is 42.3. The van der Waals surface area contributed by atoms with E-state index in [0.29, 0.717) is 0 Å². The highest BCUT2D eigenvalue weighted by Gasteiger charge is 2.44. The first-order chi connectivity index (χ1) is 35.8. The van der Waals surface area contributed by atoms with Gasteiger partial charge in [-0.3, -0.25) is 0 Å². The summed E-state index contributed by atoms with van der Waals surface area (Å²) < 4.78 is 0. The number of fused-ring (bicyclic) bond motifs is 5. The van der Waals surface area contributed by atoms with Crippen LogP contribution in [0.4, 0.5) is 0 Å². The molecule has 0 heteroatoms. The molecule has 10 aromatic carbocycles. The van der Waals surface area contributed by atoms with Gasteiger partial charge in [0.1, 0.15) is 0 Å². The first-order valence-electron chi connectivity index (χ1n) is 26.5. The van der Waals surface area contributed by atoms with E-state index < -0.39 is 0 Å². The molecule has 0 aromatic heterocycles. The van der Waals surface area contributed by atoms with E-state index >= 15 is 0 Å². The monoisotopic (exact) mass is 938 g/mol. The van der Waals surface area contributed by atoms with Crippen LogP contribution in [0.2, 0.25) is 0 Å². The first kappa shape index (κ1) is 46.0. The zero-order chi connectivity index (χ0) is 49.3. The summed E-state index contributed by atoms with van der Waals surface area (Å²) in [6.07, 6.45) is 11.7. The van der Waals surface area contributed by atoms with Crippen LogP contribution in [0.5, 0.6) is 0 Å². The molecule has 0 amide bonds. The quantitative estimate of drug-likeness (QED) is 0.113. The van der Waals surface area contributed by atoms with Gasteiger partial charge in [-0.2, -0.15) is 0 Å². The van der Waals surface area contributed by atoms with E-state index in [-0.39, 0.29) is 5.41 Å². The van der Waals surface area contributed by atoms with Gasteiger partial charge in [0.15, 0.2) is 0 Å². The number of rotatable bonds is 11. The summed E-state index contributed by atoms with van der Waals surface area (Å²) in [5.41, 5.74) is 23.9. The Labute approximate surface area is 433 Å². The minimum atomic E-state index is -0.0385. The van der Waals surface area contributed by atoms with Gasteiger partial charge in [-0.05, 0) is 160 Å². The van der Waals surface area contributed by atoms with Crippen LogP contribution in [0.25, 0.3) is 83.1 Å². The van der Waals surface area contributed by atoms with Gasteiger partial charge in [-0.1, -0.05) is 270 Å². The van der Waals surface area contributed by atoms with Crippen molar-refractivity contribution >= 4 is 16.3 Å². The summed E-state index contributed by atoms with van der Waals surface area (Å²) in [5.74, 6) is 2.43. The molecule has 3 atom stereocenters. The molecule has 13 rings (SSSR count). The fourth-order valence-corrected chi connectivity index (χ4v) is 11.7. The minimum absolute atomic E-state index is 0.0385. The smallest absolute Gasteiger partial charge is 0.0159 e. The molecule has 0 nitrogen and oxygen atoms in total. The lowest BCUT2D eigenvalue weighted by molar-refractivity contribution is 0.657. The Balaban J connectivity index is 0.000000225. The van der Waals surface area contributed by atoms with Crippen molar-refractivity contribution in [3.8, 4) is 66.8 Å². The number of benzene rings is 10. The maximum Gasteiger partial charge on any atom is 0.0159 e. The zero-order valence-corrected chi connectivity index (χ0v) is 42.3. The minimum Gasteiger partial charge on any atom is -0.0799 e. The topological polar surface area (TPSA) is 0 Å². The van der Waals surface area contributed by atoms with Gasteiger partial charge in [0.2, 0.25) is 0 Å². The molecule has 3 unspecified atom stereocenters. The highest BCUT2D eigenvalue weighted by Crippen LogP contribution is 2.52. The molecule has 3 aliphatic rings. The van der Waals surface area contributed by atoms with Gasteiger partial charge in [-0.15, -0.1) is 0 Å². The van der Waals surface area contributed by atoms with E-state index in [0.717, 1.165) is 30.6 Å². The molecule has 1 fully saturated rings. The number of allylic oxidation sites excluding steroid dienone is 4. The Bertz CT molecular complexity index is 3600. The highest BCUT2D eigenvalue weighted by molar-refractivity contribution is 5.97. The van der Waals surface area contributed by atoms with E-state index in [1.807, 2.05) is 0 Å². The van der Waals surface area contributed by atoms with E-state index in [4.69, 9.17) is 0 Å². The Morgan fingerprint density at radius 1 is 0.356 bits per heavy atom. The second-order valence-corrected chi connectivity index (χ2v) is 21.2. The van der Waals surface area contributed by atoms with Crippen LogP contribution in [-0.2, 0) is 18.3 Å². The van der Waals surface area contributed by atoms with Crippen LogP contribution in [0.15, 0.2) is 255 Å². The molecule has 73 heavy (non-hydrogen) atoms. The predicted molar refractivity (Wildman–Crippen MR) is 311 cm³/mol. The van der Waals surface area contributed by atoms with Crippen molar-refractivity contribution in [3.63, 3.8) is 0 Å². The van der Waals surface area contributed by atoms with Gasteiger partial charge in [-0.25, -0.2) is 0 Å². The average Bonchev–Trinajstić information content (AvgIpc) is 4.05. The fraction of sp³-hybridized carbons (Fsp3) is 0.151. The molecule has 0 bridgehead atoms. The number of hydrogen-bond donors (Lipinski definition) is 0. The summed E-state index contributed by atoms with van der Waals surface area (Å²) in [7, 11) is 0. The molecule has 0 spiro atoms. The molecule has 0 N–H and O–H groups in total. The van der Waals surface area contributed by atoms with Gasteiger partial charge >= 0.3 is 0 Å². The van der Waals surface area contributed by atoms with Crippen molar-refractivity contribution in [2.24, 2.45) is 17.8 Å². The van der Waals surface area contributed by atoms with Crippen LogP contribution in [0.1, 0.15) is 61.4 Å². The Morgan fingerprint density at radius 3 is 1.42 bits per heavy atom. The highest BCUT2D eigenvalue weighted by atomic mass is 14.5. The Kier molecular flexibility index (Phi) is 12.5. The maximum absolute atomic E-state index is 2.49. The third-order valence-electron chi connectivity index (χ3n) is 16.2. The molecule has 0 heterocycles. The normalized spacial score (nSPS) is 16.6. The molecule has 0 saturated heterocycles. The second-order valence-electron chi connectivity index (χ2n) is 21.2. The molecular weight excluding hydrogens is 877 g/mol. The van der Waals surface area contributed by atoms with Crippen molar-refractivity contribution < 1.29 is 0 Å². The lowest BCUT2D eigenvalue weighted by Gasteiger charge is -2.22. The molecule has 0 radical (unpaired) electrons. The molecule has 354 valence electrons. The van der Waals surface area contributed by atoms with E-state index in [1.165, 1.54) is 124 Å². The Hall–Kier alpha value is -8.06. The van der Waals surface area contributed by atoms with Crippen molar-refractivity contribution in [3.05, 3.63) is 283 Å².